The average molecular weight is 541 g/mol. The quantitative estimate of drug-likeness (QED) is 0.0689. The summed E-state index contributed by atoms with van der Waals surface area (Å²) in [6, 6.07) is 0. The first-order chi connectivity index (χ1) is 18.2. The van der Waals surface area contributed by atoms with Crippen LogP contribution in [0.5, 0.6) is 0 Å². The molecule has 0 bridgehead atoms. The highest BCUT2D eigenvalue weighted by atomic mass is 16.6. The van der Waals surface area contributed by atoms with E-state index >= 15 is 0 Å². The van der Waals surface area contributed by atoms with Gasteiger partial charge in [-0.15, -0.1) is 0 Å². The summed E-state index contributed by atoms with van der Waals surface area (Å²) in [5.74, 6) is -0.874. The molecule has 0 aliphatic heterocycles. The molecule has 0 atom stereocenters. The minimum atomic E-state index is -0.462. The van der Waals surface area contributed by atoms with Crippen molar-refractivity contribution in [2.75, 3.05) is 133 Å². The Hall–Kier alpha value is -1.68. The monoisotopic (exact) mass is 540 g/mol. The van der Waals surface area contributed by atoms with Crippen molar-refractivity contribution >= 4 is 11.9 Å². The molecule has 37 heavy (non-hydrogen) atoms. The standard InChI is InChI=1S/C24H44O13/c1-3-23(25)37-21-20-35-17-16-33-13-12-31-9-8-29-5-4-28-6-7-30-10-11-32-14-15-34-18-19-36-22-24(26)27-2/h3H,1,4-22H2,2H3. The summed E-state index contributed by atoms with van der Waals surface area (Å²) in [6.45, 7) is 11.0. The Labute approximate surface area is 219 Å². The minimum Gasteiger partial charge on any atom is -0.467 e. The Morgan fingerprint density at radius 1 is 0.486 bits per heavy atom. The van der Waals surface area contributed by atoms with Gasteiger partial charge in [0.1, 0.15) is 13.2 Å². The van der Waals surface area contributed by atoms with Crippen LogP contribution in [0.1, 0.15) is 0 Å². The topological polar surface area (TPSA) is 136 Å². The Balaban J connectivity index is 3.06. The molecule has 0 radical (unpaired) electrons. The van der Waals surface area contributed by atoms with Crippen molar-refractivity contribution in [1.82, 2.24) is 0 Å². The molecule has 0 aromatic rings. The third-order valence-electron chi connectivity index (χ3n) is 4.06. The van der Waals surface area contributed by atoms with Gasteiger partial charge in [-0.3, -0.25) is 0 Å². The number of hydrogen-bond donors (Lipinski definition) is 0. The van der Waals surface area contributed by atoms with Gasteiger partial charge in [-0.1, -0.05) is 6.58 Å². The van der Waals surface area contributed by atoms with Gasteiger partial charge < -0.3 is 52.1 Å². The van der Waals surface area contributed by atoms with Gasteiger partial charge in [-0.05, 0) is 0 Å². The van der Waals surface area contributed by atoms with E-state index in [1.807, 2.05) is 0 Å². The van der Waals surface area contributed by atoms with Crippen LogP contribution in [0.15, 0.2) is 12.7 Å². The van der Waals surface area contributed by atoms with Gasteiger partial charge in [-0.2, -0.15) is 0 Å². The summed E-state index contributed by atoms with van der Waals surface area (Å²) in [5, 5.41) is 0. The van der Waals surface area contributed by atoms with E-state index in [2.05, 4.69) is 11.3 Å². The SMILES string of the molecule is C=CC(=O)OCCOCCOCCOCCOCCOCCOCCOCCOCCOCC(=O)OC. The van der Waals surface area contributed by atoms with Crippen LogP contribution in [0.2, 0.25) is 0 Å². The van der Waals surface area contributed by atoms with Crippen LogP contribution in [0, 0.1) is 0 Å². The van der Waals surface area contributed by atoms with E-state index in [0.29, 0.717) is 112 Å². The van der Waals surface area contributed by atoms with E-state index in [0.717, 1.165) is 6.08 Å². The maximum Gasteiger partial charge on any atom is 0.331 e. The molecule has 0 fully saturated rings. The van der Waals surface area contributed by atoms with Gasteiger partial charge in [-0.25, -0.2) is 9.59 Å². The Morgan fingerprint density at radius 3 is 1.03 bits per heavy atom. The van der Waals surface area contributed by atoms with Crippen LogP contribution in [-0.2, 0) is 61.7 Å². The van der Waals surface area contributed by atoms with Crippen molar-refractivity contribution in [3.63, 3.8) is 0 Å². The lowest BCUT2D eigenvalue weighted by atomic mass is 10.6. The van der Waals surface area contributed by atoms with Gasteiger partial charge >= 0.3 is 11.9 Å². The van der Waals surface area contributed by atoms with Crippen molar-refractivity contribution in [1.29, 1.82) is 0 Å². The van der Waals surface area contributed by atoms with E-state index < -0.39 is 11.9 Å². The van der Waals surface area contributed by atoms with Crippen LogP contribution in [0.25, 0.3) is 0 Å². The molecule has 218 valence electrons. The van der Waals surface area contributed by atoms with E-state index in [4.69, 9.17) is 47.4 Å². The lowest BCUT2D eigenvalue weighted by Crippen LogP contribution is -2.16. The Morgan fingerprint density at radius 2 is 0.757 bits per heavy atom. The summed E-state index contributed by atoms with van der Waals surface area (Å²) < 4.78 is 57.2. The lowest BCUT2D eigenvalue weighted by molar-refractivity contribution is -0.146. The number of carbonyl (C=O) groups excluding carboxylic acids is 2. The van der Waals surface area contributed by atoms with Crippen LogP contribution >= 0.6 is 0 Å². The fraction of sp³-hybridized carbons (Fsp3) is 0.833. The average Bonchev–Trinajstić information content (AvgIpc) is 2.91. The first-order valence-corrected chi connectivity index (χ1v) is 12.3. The third kappa shape index (κ3) is 30.4. The zero-order valence-electron chi connectivity index (χ0n) is 22.0. The van der Waals surface area contributed by atoms with E-state index in [-0.39, 0.29) is 13.2 Å². The van der Waals surface area contributed by atoms with Crippen LogP contribution < -0.4 is 0 Å². The van der Waals surface area contributed by atoms with Gasteiger partial charge in [0.15, 0.2) is 0 Å². The van der Waals surface area contributed by atoms with Gasteiger partial charge in [0.05, 0.1) is 119 Å². The molecule has 0 amide bonds. The largest absolute Gasteiger partial charge is 0.467 e. The fourth-order valence-corrected chi connectivity index (χ4v) is 2.23. The summed E-state index contributed by atoms with van der Waals surface area (Å²) in [4.78, 5) is 21.6. The molecule has 0 N–H and O–H groups in total. The summed E-state index contributed by atoms with van der Waals surface area (Å²) in [7, 11) is 1.31. The van der Waals surface area contributed by atoms with Gasteiger partial charge in [0.2, 0.25) is 0 Å². The molecule has 0 aromatic heterocycles. The maximum atomic E-state index is 10.8. The first kappa shape index (κ1) is 35.3. The van der Waals surface area contributed by atoms with Crippen LogP contribution in [0.3, 0.4) is 0 Å². The van der Waals surface area contributed by atoms with E-state index in [9.17, 15) is 9.59 Å². The van der Waals surface area contributed by atoms with Crippen LogP contribution in [-0.4, -0.2) is 145 Å². The highest BCUT2D eigenvalue weighted by Gasteiger charge is 1.99. The van der Waals surface area contributed by atoms with E-state index in [1.165, 1.54) is 7.11 Å². The minimum absolute atomic E-state index is 0.0732. The molecule has 0 aromatic carbocycles. The first-order valence-electron chi connectivity index (χ1n) is 12.3. The number of ether oxygens (including phenoxy) is 11. The number of rotatable bonds is 30. The normalized spacial score (nSPS) is 10.9. The maximum absolute atomic E-state index is 10.8. The smallest absolute Gasteiger partial charge is 0.331 e. The van der Waals surface area contributed by atoms with Crippen molar-refractivity contribution in [3.8, 4) is 0 Å². The molecular weight excluding hydrogens is 496 g/mol. The predicted octanol–water partition coefficient (Wildman–Crippen LogP) is 0.0380. The summed E-state index contributed by atoms with van der Waals surface area (Å²) >= 11 is 0. The molecule has 0 rings (SSSR count). The molecule has 0 heterocycles. The molecule has 13 heteroatoms. The second kappa shape index (κ2) is 30.5. The summed E-state index contributed by atoms with van der Waals surface area (Å²) in [6.07, 6.45) is 1.11. The van der Waals surface area contributed by atoms with Crippen LogP contribution in [0.4, 0.5) is 0 Å². The second-order valence-corrected chi connectivity index (χ2v) is 6.90. The predicted molar refractivity (Wildman–Crippen MR) is 131 cm³/mol. The summed E-state index contributed by atoms with van der Waals surface area (Å²) in [5.41, 5.74) is 0. The molecule has 0 aliphatic carbocycles. The Bertz CT molecular complexity index is 519. The molecule has 0 aliphatic rings. The highest BCUT2D eigenvalue weighted by Crippen LogP contribution is 1.87. The zero-order chi connectivity index (χ0) is 27.1. The zero-order valence-corrected chi connectivity index (χ0v) is 22.0. The third-order valence-corrected chi connectivity index (χ3v) is 4.06. The molecule has 0 spiro atoms. The van der Waals surface area contributed by atoms with Crippen molar-refractivity contribution in [2.45, 2.75) is 0 Å². The van der Waals surface area contributed by atoms with E-state index in [1.54, 1.807) is 0 Å². The fourth-order valence-electron chi connectivity index (χ4n) is 2.23. The van der Waals surface area contributed by atoms with Gasteiger partial charge in [0.25, 0.3) is 0 Å². The molecule has 0 saturated carbocycles. The Kier molecular flexibility index (Phi) is 29.2. The molecule has 0 saturated heterocycles. The van der Waals surface area contributed by atoms with Crippen molar-refractivity contribution < 1.29 is 61.7 Å². The highest BCUT2D eigenvalue weighted by molar-refractivity contribution is 5.81. The molecule has 13 nitrogen and oxygen atoms in total. The number of methoxy groups -OCH3 is 1. The van der Waals surface area contributed by atoms with Gasteiger partial charge in [0, 0.05) is 6.08 Å². The second-order valence-electron chi connectivity index (χ2n) is 6.90. The number of hydrogen-bond acceptors (Lipinski definition) is 13. The number of esters is 2. The number of carbonyl (C=O) groups is 2. The lowest BCUT2D eigenvalue weighted by Gasteiger charge is -2.09. The van der Waals surface area contributed by atoms with Crippen molar-refractivity contribution in [3.05, 3.63) is 12.7 Å². The molecule has 0 unspecified atom stereocenters. The van der Waals surface area contributed by atoms with Crippen molar-refractivity contribution in [2.24, 2.45) is 0 Å². The molecular formula is C24H44O13.